The van der Waals surface area contributed by atoms with Crippen LogP contribution in [0.15, 0.2) is 71.1 Å². The van der Waals surface area contributed by atoms with Gasteiger partial charge in [0.25, 0.3) is 6.01 Å². The van der Waals surface area contributed by atoms with Gasteiger partial charge in [0.1, 0.15) is 17.9 Å². The van der Waals surface area contributed by atoms with E-state index in [1.54, 1.807) is 0 Å². The number of benzene rings is 3. The van der Waals surface area contributed by atoms with Crippen molar-refractivity contribution in [2.45, 2.75) is 12.8 Å². The number of anilines is 1. The first kappa shape index (κ1) is 19.4. The second kappa shape index (κ2) is 8.68. The van der Waals surface area contributed by atoms with E-state index in [4.69, 9.17) is 9.15 Å². The summed E-state index contributed by atoms with van der Waals surface area (Å²) < 4.78 is 11.8. The lowest BCUT2D eigenvalue weighted by Gasteiger charge is -2.30. The lowest BCUT2D eigenvalue weighted by molar-refractivity contribution is -0.125. The maximum Gasteiger partial charge on any atom is 0.298 e. The van der Waals surface area contributed by atoms with Crippen LogP contribution in [0, 0.1) is 5.92 Å². The van der Waals surface area contributed by atoms with Gasteiger partial charge < -0.3 is 19.4 Å². The highest BCUT2D eigenvalue weighted by Crippen LogP contribution is 2.27. The lowest BCUT2D eigenvalue weighted by Crippen LogP contribution is -2.41. The fraction of sp³-hybridized carbons (Fsp3) is 0.280. The molecule has 0 unspecified atom stereocenters. The third-order valence-corrected chi connectivity index (χ3v) is 5.83. The summed E-state index contributed by atoms with van der Waals surface area (Å²) in [7, 11) is 0. The van der Waals surface area contributed by atoms with Gasteiger partial charge in [0.2, 0.25) is 5.91 Å². The number of aromatic nitrogens is 1. The molecule has 1 amide bonds. The van der Waals surface area contributed by atoms with E-state index in [1.165, 1.54) is 0 Å². The molecule has 6 nitrogen and oxygen atoms in total. The van der Waals surface area contributed by atoms with E-state index in [9.17, 15) is 4.79 Å². The summed E-state index contributed by atoms with van der Waals surface area (Å²) in [5.74, 6) is 0.955. The summed E-state index contributed by atoms with van der Waals surface area (Å²) in [4.78, 5) is 19.3. The van der Waals surface area contributed by atoms with Crippen LogP contribution in [-0.2, 0) is 4.79 Å². The molecule has 0 aliphatic carbocycles. The van der Waals surface area contributed by atoms with Crippen molar-refractivity contribution < 1.29 is 13.9 Å². The molecule has 1 saturated heterocycles. The predicted octanol–water partition coefficient (Wildman–Crippen LogP) is 4.39. The predicted molar refractivity (Wildman–Crippen MR) is 121 cm³/mol. The molecule has 1 fully saturated rings. The molecule has 0 spiro atoms. The van der Waals surface area contributed by atoms with Crippen LogP contribution in [0.1, 0.15) is 12.8 Å². The molecule has 3 aromatic carbocycles. The molecule has 6 heteroatoms. The average Bonchev–Trinajstić information content (AvgIpc) is 3.26. The number of piperidine rings is 1. The smallest absolute Gasteiger partial charge is 0.298 e. The van der Waals surface area contributed by atoms with Gasteiger partial charge in [0.15, 0.2) is 5.58 Å². The number of oxazole rings is 1. The quantitative estimate of drug-likeness (QED) is 0.473. The molecule has 31 heavy (non-hydrogen) atoms. The molecule has 2 heterocycles. The van der Waals surface area contributed by atoms with Crippen LogP contribution < -0.4 is 15.0 Å². The first-order valence-electron chi connectivity index (χ1n) is 10.8. The van der Waals surface area contributed by atoms with Gasteiger partial charge in [-0.15, -0.1) is 0 Å². The van der Waals surface area contributed by atoms with E-state index >= 15 is 0 Å². The standard InChI is InChI=1S/C25H25N3O3/c29-24(26-14-17-30-22-11-5-7-18-6-1-2-8-20(18)22)19-12-15-28(16-13-19)25-27-21-9-3-4-10-23(21)31-25/h1-11,19H,12-17H2,(H,26,29). The highest BCUT2D eigenvalue weighted by Gasteiger charge is 2.27. The molecule has 0 atom stereocenters. The average molecular weight is 415 g/mol. The van der Waals surface area contributed by atoms with Crippen LogP contribution in [0.2, 0.25) is 0 Å². The fourth-order valence-electron chi connectivity index (χ4n) is 4.13. The summed E-state index contributed by atoms with van der Waals surface area (Å²) >= 11 is 0. The number of fused-ring (bicyclic) bond motifs is 2. The number of hydrogen-bond acceptors (Lipinski definition) is 5. The van der Waals surface area contributed by atoms with Crippen molar-refractivity contribution in [3.8, 4) is 5.75 Å². The summed E-state index contributed by atoms with van der Waals surface area (Å²) in [6.07, 6.45) is 1.57. The molecule has 1 aliphatic rings. The van der Waals surface area contributed by atoms with E-state index in [0.29, 0.717) is 19.2 Å². The maximum atomic E-state index is 12.6. The summed E-state index contributed by atoms with van der Waals surface area (Å²) in [6, 6.07) is 22.6. The number of carbonyl (C=O) groups is 1. The van der Waals surface area contributed by atoms with Crippen LogP contribution in [-0.4, -0.2) is 37.1 Å². The second-order valence-corrected chi connectivity index (χ2v) is 7.84. The van der Waals surface area contributed by atoms with Gasteiger partial charge in [-0.25, -0.2) is 0 Å². The first-order chi connectivity index (χ1) is 15.3. The van der Waals surface area contributed by atoms with Gasteiger partial charge in [-0.3, -0.25) is 4.79 Å². The van der Waals surface area contributed by atoms with Crippen molar-refractivity contribution >= 4 is 33.8 Å². The topological polar surface area (TPSA) is 67.6 Å². The number of carbonyl (C=O) groups excluding carboxylic acids is 1. The largest absolute Gasteiger partial charge is 0.491 e. The number of nitrogens with zero attached hydrogens (tertiary/aromatic N) is 2. The van der Waals surface area contributed by atoms with E-state index in [2.05, 4.69) is 27.3 Å². The number of rotatable bonds is 6. The van der Waals surface area contributed by atoms with Crippen LogP contribution >= 0.6 is 0 Å². The normalized spacial score (nSPS) is 14.8. The Morgan fingerprint density at radius 1 is 1.03 bits per heavy atom. The van der Waals surface area contributed by atoms with Crippen molar-refractivity contribution in [1.29, 1.82) is 0 Å². The molecule has 1 N–H and O–H groups in total. The zero-order valence-electron chi connectivity index (χ0n) is 17.3. The Hall–Kier alpha value is -3.54. The van der Waals surface area contributed by atoms with Crippen molar-refractivity contribution in [3.05, 3.63) is 66.7 Å². The van der Waals surface area contributed by atoms with Gasteiger partial charge in [-0.2, -0.15) is 4.98 Å². The summed E-state index contributed by atoms with van der Waals surface area (Å²) in [6.45, 7) is 2.46. The molecule has 158 valence electrons. The van der Waals surface area contributed by atoms with Gasteiger partial charge >= 0.3 is 0 Å². The summed E-state index contributed by atoms with van der Waals surface area (Å²) in [5, 5.41) is 5.26. The molecule has 5 rings (SSSR count). The third kappa shape index (κ3) is 4.19. The minimum atomic E-state index is 0.0122. The number of ether oxygens (including phenoxy) is 1. The zero-order valence-corrected chi connectivity index (χ0v) is 17.3. The summed E-state index contributed by atoms with van der Waals surface area (Å²) in [5.41, 5.74) is 1.66. The molecule has 1 aromatic heterocycles. The SMILES string of the molecule is O=C(NCCOc1cccc2ccccc12)C1CCN(c2nc3ccccc3o2)CC1. The number of hydrogen-bond donors (Lipinski definition) is 1. The molecule has 1 aliphatic heterocycles. The Bertz CT molecular complexity index is 1160. The molecule has 0 radical (unpaired) electrons. The Morgan fingerprint density at radius 3 is 2.68 bits per heavy atom. The fourth-order valence-corrected chi connectivity index (χ4v) is 4.13. The Kier molecular flexibility index (Phi) is 5.44. The Labute approximate surface area is 180 Å². The van der Waals surface area contributed by atoms with Crippen LogP contribution in [0.5, 0.6) is 5.75 Å². The molecule has 4 aromatic rings. The van der Waals surface area contributed by atoms with E-state index in [0.717, 1.165) is 53.6 Å². The highest BCUT2D eigenvalue weighted by atomic mass is 16.5. The molecule has 0 bridgehead atoms. The zero-order chi connectivity index (χ0) is 21.0. The number of nitrogens with one attached hydrogen (secondary N) is 1. The minimum absolute atomic E-state index is 0.0122. The Balaban J connectivity index is 1.09. The van der Waals surface area contributed by atoms with E-state index in [-0.39, 0.29) is 11.8 Å². The minimum Gasteiger partial charge on any atom is -0.491 e. The maximum absolute atomic E-state index is 12.6. The van der Waals surface area contributed by atoms with Crippen molar-refractivity contribution in [1.82, 2.24) is 10.3 Å². The van der Waals surface area contributed by atoms with Crippen LogP contribution in [0.25, 0.3) is 21.9 Å². The van der Waals surface area contributed by atoms with Gasteiger partial charge in [-0.1, -0.05) is 48.5 Å². The monoisotopic (exact) mass is 415 g/mol. The van der Waals surface area contributed by atoms with E-state index in [1.807, 2.05) is 54.6 Å². The molecule has 0 saturated carbocycles. The van der Waals surface area contributed by atoms with Gasteiger partial charge in [-0.05, 0) is 36.4 Å². The number of amides is 1. The van der Waals surface area contributed by atoms with Crippen molar-refractivity contribution in [3.63, 3.8) is 0 Å². The van der Waals surface area contributed by atoms with Crippen LogP contribution in [0.4, 0.5) is 6.01 Å². The second-order valence-electron chi connectivity index (χ2n) is 7.84. The van der Waals surface area contributed by atoms with Crippen molar-refractivity contribution in [2.75, 3.05) is 31.1 Å². The first-order valence-corrected chi connectivity index (χ1v) is 10.8. The van der Waals surface area contributed by atoms with Crippen LogP contribution in [0.3, 0.4) is 0 Å². The Morgan fingerprint density at radius 2 is 1.81 bits per heavy atom. The van der Waals surface area contributed by atoms with Gasteiger partial charge in [0.05, 0.1) is 6.54 Å². The third-order valence-electron chi connectivity index (χ3n) is 5.83. The van der Waals surface area contributed by atoms with Crippen molar-refractivity contribution in [2.24, 2.45) is 5.92 Å². The van der Waals surface area contributed by atoms with Gasteiger partial charge in [0, 0.05) is 24.4 Å². The number of para-hydroxylation sites is 2. The molecular formula is C25H25N3O3. The lowest BCUT2D eigenvalue weighted by atomic mass is 9.96. The van der Waals surface area contributed by atoms with E-state index < -0.39 is 0 Å². The molecular weight excluding hydrogens is 390 g/mol. The highest BCUT2D eigenvalue weighted by molar-refractivity contribution is 5.88.